The Hall–Kier alpha value is -0.960. The zero-order valence-corrected chi connectivity index (χ0v) is 6.28. The first kappa shape index (κ1) is 7.68. The molecule has 1 aromatic rings. The van der Waals surface area contributed by atoms with E-state index in [1.54, 1.807) is 30.3 Å². The molecule has 1 nitrogen and oxygen atoms in total. The fraction of sp³-hybridized carbons (Fsp3) is 0.333. The first-order valence-electron chi connectivity index (χ1n) is 3.77. The van der Waals surface area contributed by atoms with E-state index in [9.17, 15) is 8.78 Å². The third-order valence-electron chi connectivity index (χ3n) is 1.88. The maximum atomic E-state index is 13.2. The summed E-state index contributed by atoms with van der Waals surface area (Å²) in [6, 6.07) is 8.48. The molecular formula is C9H8F2O. The van der Waals surface area contributed by atoms with Gasteiger partial charge in [0.2, 0.25) is 6.36 Å². The Bertz CT molecular complexity index is 262. The molecule has 0 bridgehead atoms. The molecule has 3 atom stereocenters. The van der Waals surface area contributed by atoms with E-state index in [1.807, 2.05) is 0 Å². The zero-order valence-electron chi connectivity index (χ0n) is 6.28. The van der Waals surface area contributed by atoms with Crippen LogP contribution in [0.4, 0.5) is 8.78 Å². The topological polar surface area (TPSA) is 12.5 Å². The first-order valence-corrected chi connectivity index (χ1v) is 3.77. The highest BCUT2D eigenvalue weighted by Gasteiger charge is 2.46. The smallest absolute Gasteiger partial charge is 0.229 e. The molecule has 0 saturated carbocycles. The van der Waals surface area contributed by atoms with E-state index < -0.39 is 18.6 Å². The summed E-state index contributed by atoms with van der Waals surface area (Å²) >= 11 is 0. The van der Waals surface area contributed by atoms with Gasteiger partial charge in [-0.3, -0.25) is 0 Å². The third kappa shape index (κ3) is 1.32. The molecule has 0 aliphatic carbocycles. The van der Waals surface area contributed by atoms with Crippen molar-refractivity contribution in [1.29, 1.82) is 0 Å². The van der Waals surface area contributed by atoms with E-state index in [2.05, 4.69) is 4.74 Å². The number of epoxide rings is 1. The number of ether oxygens (including phenoxy) is 1. The van der Waals surface area contributed by atoms with E-state index in [0.717, 1.165) is 0 Å². The Morgan fingerprint density at radius 1 is 1.25 bits per heavy atom. The molecule has 1 saturated heterocycles. The van der Waals surface area contributed by atoms with Crippen LogP contribution in [0.5, 0.6) is 0 Å². The highest BCUT2D eigenvalue weighted by atomic mass is 19.2. The van der Waals surface area contributed by atoms with Gasteiger partial charge >= 0.3 is 0 Å². The molecule has 0 N–H and O–H groups in total. The van der Waals surface area contributed by atoms with E-state index in [0.29, 0.717) is 5.56 Å². The second-order valence-corrected chi connectivity index (χ2v) is 2.76. The van der Waals surface area contributed by atoms with E-state index in [-0.39, 0.29) is 0 Å². The third-order valence-corrected chi connectivity index (χ3v) is 1.88. The van der Waals surface area contributed by atoms with Crippen molar-refractivity contribution >= 4 is 0 Å². The highest BCUT2D eigenvalue weighted by Crippen LogP contribution is 2.37. The molecule has 1 aliphatic rings. The van der Waals surface area contributed by atoms with Gasteiger partial charge in [-0.1, -0.05) is 30.3 Å². The summed E-state index contributed by atoms with van der Waals surface area (Å²) in [4.78, 5) is 0. The summed E-state index contributed by atoms with van der Waals surface area (Å²) in [6.07, 6.45) is -3.63. The van der Waals surface area contributed by atoms with Crippen molar-refractivity contribution in [2.24, 2.45) is 0 Å². The van der Waals surface area contributed by atoms with Gasteiger partial charge in [0.1, 0.15) is 0 Å². The number of alkyl halides is 2. The Balaban J connectivity index is 2.10. The van der Waals surface area contributed by atoms with Crippen molar-refractivity contribution in [1.82, 2.24) is 0 Å². The van der Waals surface area contributed by atoms with Crippen molar-refractivity contribution in [3.8, 4) is 0 Å². The van der Waals surface area contributed by atoms with Gasteiger partial charge in [0, 0.05) is 0 Å². The van der Waals surface area contributed by atoms with Crippen LogP contribution in [0.2, 0.25) is 0 Å². The molecule has 3 heteroatoms. The summed E-state index contributed by atoms with van der Waals surface area (Å²) in [5, 5.41) is 0. The minimum Gasteiger partial charge on any atom is -0.333 e. The normalized spacial score (nSPS) is 29.8. The summed E-state index contributed by atoms with van der Waals surface area (Å²) in [5.41, 5.74) is 0.475. The van der Waals surface area contributed by atoms with E-state index >= 15 is 0 Å². The fourth-order valence-corrected chi connectivity index (χ4v) is 1.13. The van der Waals surface area contributed by atoms with Crippen molar-refractivity contribution in [3.63, 3.8) is 0 Å². The molecule has 12 heavy (non-hydrogen) atoms. The molecule has 0 aromatic heterocycles. The molecular weight excluding hydrogens is 162 g/mol. The number of halogens is 2. The van der Waals surface area contributed by atoms with Crippen LogP contribution in [0.15, 0.2) is 30.3 Å². The van der Waals surface area contributed by atoms with Crippen LogP contribution in [-0.2, 0) is 4.74 Å². The standard InChI is InChI=1S/C9H8F2O/c10-7(8-9(11)12-8)6-4-2-1-3-5-6/h1-5,7-9H. The van der Waals surface area contributed by atoms with E-state index in [4.69, 9.17) is 0 Å². The number of hydrogen-bond donors (Lipinski definition) is 0. The Morgan fingerprint density at radius 2 is 1.83 bits per heavy atom. The lowest BCUT2D eigenvalue weighted by Crippen LogP contribution is -2.00. The predicted octanol–water partition coefficient (Wildman–Crippen LogP) is 2.39. The average molecular weight is 170 g/mol. The lowest BCUT2D eigenvalue weighted by Gasteiger charge is -2.02. The van der Waals surface area contributed by atoms with Crippen molar-refractivity contribution in [3.05, 3.63) is 35.9 Å². The quantitative estimate of drug-likeness (QED) is 0.621. The molecule has 1 heterocycles. The van der Waals surface area contributed by atoms with Gasteiger partial charge in [-0.15, -0.1) is 0 Å². The van der Waals surface area contributed by atoms with Crippen LogP contribution in [0.1, 0.15) is 11.7 Å². The summed E-state index contributed by atoms with van der Waals surface area (Å²) in [5.74, 6) is 0. The fourth-order valence-electron chi connectivity index (χ4n) is 1.13. The van der Waals surface area contributed by atoms with E-state index in [1.165, 1.54) is 0 Å². The molecule has 1 aromatic carbocycles. The average Bonchev–Trinajstić information content (AvgIpc) is 2.83. The summed E-state index contributed by atoms with van der Waals surface area (Å²) < 4.78 is 29.8. The van der Waals surface area contributed by atoms with Crippen LogP contribution >= 0.6 is 0 Å². The van der Waals surface area contributed by atoms with Gasteiger partial charge in [0.25, 0.3) is 0 Å². The SMILES string of the molecule is FC1OC1C(F)c1ccccc1. The molecule has 2 rings (SSSR count). The summed E-state index contributed by atoms with van der Waals surface area (Å²) in [6.45, 7) is 0. The molecule has 1 aliphatic heterocycles. The van der Waals surface area contributed by atoms with Crippen molar-refractivity contribution < 1.29 is 13.5 Å². The Labute approximate surface area is 69.0 Å². The molecule has 0 radical (unpaired) electrons. The van der Waals surface area contributed by atoms with Crippen LogP contribution in [0.25, 0.3) is 0 Å². The molecule has 64 valence electrons. The van der Waals surface area contributed by atoms with Gasteiger partial charge < -0.3 is 4.74 Å². The minimum atomic E-state index is -1.42. The second kappa shape index (κ2) is 2.83. The van der Waals surface area contributed by atoms with Gasteiger partial charge in [-0.2, -0.15) is 0 Å². The lowest BCUT2D eigenvalue weighted by atomic mass is 10.1. The Kier molecular flexibility index (Phi) is 1.81. The van der Waals surface area contributed by atoms with Crippen molar-refractivity contribution in [2.45, 2.75) is 18.6 Å². The van der Waals surface area contributed by atoms with Crippen molar-refractivity contribution in [2.75, 3.05) is 0 Å². The number of benzene rings is 1. The largest absolute Gasteiger partial charge is 0.333 e. The Morgan fingerprint density at radius 3 is 2.33 bits per heavy atom. The van der Waals surface area contributed by atoms with Gasteiger partial charge in [-0.25, -0.2) is 8.78 Å². The first-order chi connectivity index (χ1) is 5.79. The second-order valence-electron chi connectivity index (χ2n) is 2.76. The number of rotatable bonds is 2. The zero-order chi connectivity index (χ0) is 8.55. The van der Waals surface area contributed by atoms with Crippen LogP contribution in [0.3, 0.4) is 0 Å². The summed E-state index contributed by atoms with van der Waals surface area (Å²) in [7, 11) is 0. The highest BCUT2D eigenvalue weighted by molar-refractivity contribution is 5.19. The monoisotopic (exact) mass is 170 g/mol. The molecule has 3 unspecified atom stereocenters. The minimum absolute atomic E-state index is 0.475. The number of hydrogen-bond acceptors (Lipinski definition) is 1. The molecule has 1 fully saturated rings. The molecule has 0 spiro atoms. The van der Waals surface area contributed by atoms with Crippen LogP contribution in [0, 0.1) is 0 Å². The lowest BCUT2D eigenvalue weighted by molar-refractivity contribution is 0.232. The van der Waals surface area contributed by atoms with Crippen LogP contribution < -0.4 is 0 Å². The van der Waals surface area contributed by atoms with Crippen LogP contribution in [-0.4, -0.2) is 12.5 Å². The van der Waals surface area contributed by atoms with Gasteiger partial charge in [0.05, 0.1) is 0 Å². The van der Waals surface area contributed by atoms with Gasteiger partial charge in [0.15, 0.2) is 12.3 Å². The maximum Gasteiger partial charge on any atom is 0.229 e. The van der Waals surface area contributed by atoms with Gasteiger partial charge in [-0.05, 0) is 5.56 Å². The predicted molar refractivity (Wildman–Crippen MR) is 40.1 cm³/mol. The molecule has 0 amide bonds. The maximum absolute atomic E-state index is 13.2.